The Morgan fingerprint density at radius 3 is 1.74 bits per heavy atom. The Kier molecular flexibility index (Phi) is 14.5. The number of hydrogen-bond donors (Lipinski definition) is 0. The van der Waals surface area contributed by atoms with Crippen molar-refractivity contribution in [3.8, 4) is 0 Å². The summed E-state index contributed by atoms with van der Waals surface area (Å²) in [6.45, 7) is 16.0. The van der Waals surface area contributed by atoms with Crippen LogP contribution in [0.2, 0.25) is 0 Å². The SMILES string of the molecule is C.C.CC1(C)OB(C2=CCOCC2)OC1(C)C.CC1CCCC(c2cn3c4c(ncc3n2)CC=C4Br)C1.CC1CCCC(c2cn3c4c(ncc3n2)CC=C4C2=CCOCC2)C1. The third kappa shape index (κ3) is 9.51. The molecular formula is C50H70BBrN6O4. The Hall–Kier alpha value is -3.42. The van der Waals surface area contributed by atoms with Crippen LogP contribution in [0.15, 0.2) is 60.1 Å². The molecule has 4 unspecified atom stereocenters. The van der Waals surface area contributed by atoms with Crippen LogP contribution in [0.25, 0.3) is 21.3 Å². The molecule has 0 radical (unpaired) electrons. The van der Waals surface area contributed by atoms with E-state index >= 15 is 0 Å². The van der Waals surface area contributed by atoms with Gasteiger partial charge in [-0.1, -0.05) is 78.7 Å². The summed E-state index contributed by atoms with van der Waals surface area (Å²) in [5.41, 5.74) is 12.7. The highest BCUT2D eigenvalue weighted by Gasteiger charge is 2.52. The van der Waals surface area contributed by atoms with Crippen molar-refractivity contribution >= 4 is 44.4 Å². The van der Waals surface area contributed by atoms with Gasteiger partial charge < -0.3 is 18.8 Å². The second kappa shape index (κ2) is 19.4. The molecule has 4 aliphatic carbocycles. The van der Waals surface area contributed by atoms with Gasteiger partial charge in [-0.05, 0) is 111 Å². The Bertz CT molecular complexity index is 2340. The fourth-order valence-electron chi connectivity index (χ4n) is 10.1. The lowest BCUT2D eigenvalue weighted by atomic mass is 9.75. The zero-order chi connectivity index (χ0) is 41.6. The van der Waals surface area contributed by atoms with Crippen LogP contribution in [-0.2, 0) is 31.6 Å². The van der Waals surface area contributed by atoms with Crippen molar-refractivity contribution in [3.63, 3.8) is 0 Å². The van der Waals surface area contributed by atoms with Crippen LogP contribution in [0.3, 0.4) is 0 Å². The average Bonchev–Trinajstić information content (AvgIpc) is 4.08. The molecule has 4 atom stereocenters. The van der Waals surface area contributed by atoms with Crippen LogP contribution in [0.1, 0.15) is 167 Å². The van der Waals surface area contributed by atoms with Gasteiger partial charge in [-0.25, -0.2) is 9.97 Å². The number of allylic oxidation sites excluding steroid dienone is 3. The minimum Gasteiger partial charge on any atom is -0.400 e. The predicted molar refractivity (Wildman–Crippen MR) is 256 cm³/mol. The zero-order valence-electron chi connectivity index (χ0n) is 36.5. The third-order valence-electron chi connectivity index (χ3n) is 14.2. The van der Waals surface area contributed by atoms with E-state index in [1.165, 1.54) is 96.5 Å². The highest BCUT2D eigenvalue weighted by atomic mass is 79.9. The summed E-state index contributed by atoms with van der Waals surface area (Å²) < 4.78 is 28.3. The maximum absolute atomic E-state index is 5.96. The van der Waals surface area contributed by atoms with Crippen molar-refractivity contribution < 1.29 is 18.8 Å². The summed E-state index contributed by atoms with van der Waals surface area (Å²) in [6.07, 6.45) is 31.4. The van der Waals surface area contributed by atoms with Crippen molar-refractivity contribution in [1.29, 1.82) is 0 Å². The van der Waals surface area contributed by atoms with Gasteiger partial charge in [-0.15, -0.1) is 0 Å². The third-order valence-corrected chi connectivity index (χ3v) is 14.9. The van der Waals surface area contributed by atoms with E-state index in [0.717, 1.165) is 78.8 Å². The molecule has 62 heavy (non-hydrogen) atoms. The van der Waals surface area contributed by atoms with Gasteiger partial charge in [0.25, 0.3) is 0 Å². The summed E-state index contributed by atoms with van der Waals surface area (Å²) in [6, 6.07) is 0. The molecule has 10 nitrogen and oxygen atoms in total. The van der Waals surface area contributed by atoms with Crippen LogP contribution in [0.5, 0.6) is 0 Å². The topological polar surface area (TPSA) is 97.3 Å². The second-order valence-electron chi connectivity index (χ2n) is 19.2. The summed E-state index contributed by atoms with van der Waals surface area (Å²) >= 11 is 3.65. The first-order valence-corrected chi connectivity index (χ1v) is 23.4. The maximum atomic E-state index is 5.96. The number of hydrogen-bond acceptors (Lipinski definition) is 8. The van der Waals surface area contributed by atoms with Gasteiger partial charge in [-0.3, -0.25) is 18.8 Å². The molecule has 4 aromatic rings. The van der Waals surface area contributed by atoms with Crippen LogP contribution in [0, 0.1) is 11.8 Å². The second-order valence-corrected chi connectivity index (χ2v) is 20.0. The van der Waals surface area contributed by atoms with E-state index in [9.17, 15) is 0 Å². The number of ether oxygens (including phenoxy) is 2. The number of rotatable bonds is 4. The highest BCUT2D eigenvalue weighted by molar-refractivity contribution is 9.15. The van der Waals surface area contributed by atoms with Crippen LogP contribution >= 0.6 is 15.9 Å². The van der Waals surface area contributed by atoms with Crippen LogP contribution < -0.4 is 0 Å². The number of nitrogens with zero attached hydrogens (tertiary/aromatic N) is 6. The smallest absolute Gasteiger partial charge is 0.400 e. The van der Waals surface area contributed by atoms with Crippen molar-refractivity contribution in [2.24, 2.45) is 11.8 Å². The van der Waals surface area contributed by atoms with E-state index in [0.29, 0.717) is 18.4 Å². The quantitative estimate of drug-likeness (QED) is 0.187. The standard InChI is InChI=1S/C21H25N3O.C16H18BrN3.C11H19BO3.2CH4/c1-14-3-2-4-16(11-14)19-13-24-20(23-19)12-22-18-6-5-17(21(18)24)15-7-9-25-10-8-15;1-10-3-2-4-11(7-10)14-9-20-15(19-14)8-18-13-6-5-12(17)16(13)20;1-10(2)11(3,4)15-12(14-10)9-5-7-13-8-6-9;;/h5,7,12-14,16H,2-4,6,8-11H2,1H3;5,8-11H,2-4,6-7H2,1H3;5H,6-8H2,1-4H3;2*1H4. The predicted octanol–water partition coefficient (Wildman–Crippen LogP) is 11.9. The summed E-state index contributed by atoms with van der Waals surface area (Å²) in [5.74, 6) is 2.87. The molecular weight excluding hydrogens is 839 g/mol. The van der Waals surface area contributed by atoms with Crippen molar-refractivity contribution in [1.82, 2.24) is 28.7 Å². The molecule has 0 aromatic carbocycles. The molecule has 7 heterocycles. The average molecular weight is 910 g/mol. The first-order valence-electron chi connectivity index (χ1n) is 22.6. The molecule has 0 bridgehead atoms. The Labute approximate surface area is 379 Å². The van der Waals surface area contributed by atoms with Gasteiger partial charge in [0, 0.05) is 41.6 Å². The highest BCUT2D eigenvalue weighted by Crippen LogP contribution is 2.41. The number of halogens is 1. The van der Waals surface area contributed by atoms with E-state index in [1.807, 2.05) is 12.4 Å². The molecule has 11 rings (SSSR count). The molecule has 0 N–H and O–H groups in total. The normalized spacial score (nSPS) is 26.0. The van der Waals surface area contributed by atoms with Gasteiger partial charge >= 0.3 is 7.12 Å². The molecule has 12 heteroatoms. The van der Waals surface area contributed by atoms with Gasteiger partial charge in [0.2, 0.25) is 0 Å². The fourth-order valence-corrected chi connectivity index (χ4v) is 10.6. The Balaban J connectivity index is 0.000000142. The minimum atomic E-state index is -0.239. The minimum absolute atomic E-state index is 0. The number of aromatic nitrogens is 6. The van der Waals surface area contributed by atoms with Crippen LogP contribution in [-0.4, -0.2) is 73.5 Å². The summed E-state index contributed by atoms with van der Waals surface area (Å²) in [7, 11) is -0.182. The van der Waals surface area contributed by atoms with E-state index in [4.69, 9.17) is 33.7 Å². The lowest BCUT2D eigenvalue weighted by molar-refractivity contribution is 0.00578. The molecule has 0 amide bonds. The van der Waals surface area contributed by atoms with Crippen molar-refractivity contribution in [2.45, 2.75) is 156 Å². The Morgan fingerprint density at radius 2 is 1.21 bits per heavy atom. The first-order chi connectivity index (χ1) is 28.9. The molecule has 0 spiro atoms. The van der Waals surface area contributed by atoms with E-state index < -0.39 is 0 Å². The Morgan fingerprint density at radius 1 is 0.677 bits per heavy atom. The molecule has 3 fully saturated rings. The van der Waals surface area contributed by atoms with E-state index in [1.54, 1.807) is 0 Å². The zero-order valence-corrected chi connectivity index (χ0v) is 38.1. The van der Waals surface area contributed by atoms with Crippen LogP contribution in [0.4, 0.5) is 0 Å². The lowest BCUT2D eigenvalue weighted by Gasteiger charge is -2.32. The maximum Gasteiger partial charge on any atom is 0.490 e. The van der Waals surface area contributed by atoms with E-state index in [2.05, 4.69) is 108 Å². The fraction of sp³-hybridized carbons (Fsp3) is 0.600. The molecule has 2 saturated carbocycles. The molecule has 4 aromatic heterocycles. The molecule has 7 aliphatic rings. The van der Waals surface area contributed by atoms with Gasteiger partial charge in [0.05, 0.1) is 84.2 Å². The van der Waals surface area contributed by atoms with Gasteiger partial charge in [0.1, 0.15) is 0 Å². The van der Waals surface area contributed by atoms with Crippen molar-refractivity contribution in [3.05, 3.63) is 94.3 Å². The largest absolute Gasteiger partial charge is 0.490 e. The summed E-state index contributed by atoms with van der Waals surface area (Å²) in [4.78, 5) is 19.1. The first kappa shape index (κ1) is 46.6. The molecule has 3 aliphatic heterocycles. The van der Waals surface area contributed by atoms with Gasteiger partial charge in [0.15, 0.2) is 11.3 Å². The number of imidazole rings is 2. The molecule has 334 valence electrons. The summed E-state index contributed by atoms with van der Waals surface area (Å²) in [5, 5.41) is 0. The number of fused-ring (bicyclic) bond motifs is 6. The monoisotopic (exact) mass is 908 g/mol. The lowest BCUT2D eigenvalue weighted by Crippen LogP contribution is -2.41. The van der Waals surface area contributed by atoms with Crippen molar-refractivity contribution in [2.75, 3.05) is 26.4 Å². The van der Waals surface area contributed by atoms with Gasteiger partial charge in [-0.2, -0.15) is 0 Å². The molecule has 1 saturated heterocycles. The van der Waals surface area contributed by atoms with E-state index in [-0.39, 0.29) is 33.2 Å².